The average Bonchev–Trinajstić information content (AvgIpc) is 2.55. The normalized spacial score (nSPS) is 10.7. The summed E-state index contributed by atoms with van der Waals surface area (Å²) >= 11 is 3.39. The number of nitrogens with zero attached hydrogens (tertiary/aromatic N) is 1. The first-order valence-electron chi connectivity index (χ1n) is 7.95. The maximum atomic E-state index is 12.1. The molecule has 0 radical (unpaired) electrons. The molecule has 0 saturated heterocycles. The summed E-state index contributed by atoms with van der Waals surface area (Å²) in [5.41, 5.74) is 1.76. The standard InChI is InChI=1S/C19H23BrN2O2/c1-22(2)12-3-13-24-18-10-8-17(9-11-18)21-19(23)14-15-4-6-16(20)7-5-15/h4-11H,3,12-14H2,1-2H3,(H,21,23). The minimum Gasteiger partial charge on any atom is -0.494 e. The van der Waals surface area contributed by atoms with Gasteiger partial charge in [-0.25, -0.2) is 0 Å². The number of anilines is 1. The Morgan fingerprint density at radius 2 is 1.75 bits per heavy atom. The van der Waals surface area contributed by atoms with Crippen LogP contribution in [0, 0.1) is 0 Å². The lowest BCUT2D eigenvalue weighted by Crippen LogP contribution is -2.15. The predicted octanol–water partition coefficient (Wildman–Crippen LogP) is 3.96. The van der Waals surface area contributed by atoms with Gasteiger partial charge in [0.05, 0.1) is 13.0 Å². The van der Waals surface area contributed by atoms with Gasteiger partial charge >= 0.3 is 0 Å². The van der Waals surface area contributed by atoms with E-state index in [1.807, 2.05) is 62.6 Å². The minimum atomic E-state index is -0.0306. The zero-order valence-electron chi connectivity index (χ0n) is 14.1. The van der Waals surface area contributed by atoms with Gasteiger partial charge in [-0.15, -0.1) is 0 Å². The van der Waals surface area contributed by atoms with Gasteiger partial charge in [-0.3, -0.25) is 4.79 Å². The monoisotopic (exact) mass is 390 g/mol. The number of ether oxygens (including phenoxy) is 1. The first kappa shape index (κ1) is 18.5. The van der Waals surface area contributed by atoms with E-state index in [1.165, 1.54) is 0 Å². The molecule has 0 heterocycles. The summed E-state index contributed by atoms with van der Waals surface area (Å²) in [4.78, 5) is 14.2. The van der Waals surface area contributed by atoms with Crippen molar-refractivity contribution in [1.82, 2.24) is 4.90 Å². The van der Waals surface area contributed by atoms with Crippen LogP contribution < -0.4 is 10.1 Å². The molecule has 1 amide bonds. The number of amides is 1. The number of benzene rings is 2. The van der Waals surface area contributed by atoms with Gasteiger partial charge < -0.3 is 15.0 Å². The minimum absolute atomic E-state index is 0.0306. The first-order valence-corrected chi connectivity index (χ1v) is 8.74. The summed E-state index contributed by atoms with van der Waals surface area (Å²) in [5, 5.41) is 2.90. The molecule has 0 fully saturated rings. The highest BCUT2D eigenvalue weighted by Gasteiger charge is 2.04. The second-order valence-electron chi connectivity index (χ2n) is 5.88. The molecule has 0 bridgehead atoms. The van der Waals surface area contributed by atoms with Crippen LogP contribution in [0.5, 0.6) is 5.75 Å². The van der Waals surface area contributed by atoms with Gasteiger partial charge in [0.15, 0.2) is 0 Å². The van der Waals surface area contributed by atoms with Crippen LogP contribution >= 0.6 is 15.9 Å². The van der Waals surface area contributed by atoms with Crippen LogP contribution in [0.15, 0.2) is 53.0 Å². The van der Waals surface area contributed by atoms with E-state index in [0.717, 1.165) is 34.4 Å². The molecule has 1 N–H and O–H groups in total. The van der Waals surface area contributed by atoms with Crippen LogP contribution in [-0.2, 0) is 11.2 Å². The molecule has 0 aliphatic carbocycles. The average molecular weight is 391 g/mol. The van der Waals surface area contributed by atoms with Crippen molar-refractivity contribution in [2.24, 2.45) is 0 Å². The molecule has 0 aliphatic heterocycles. The van der Waals surface area contributed by atoms with Crippen LogP contribution in [0.2, 0.25) is 0 Å². The Labute approximate surface area is 151 Å². The van der Waals surface area contributed by atoms with Crippen molar-refractivity contribution in [3.8, 4) is 5.75 Å². The van der Waals surface area contributed by atoms with E-state index in [9.17, 15) is 4.79 Å². The van der Waals surface area contributed by atoms with Gasteiger partial charge in [0.25, 0.3) is 0 Å². The molecule has 2 aromatic carbocycles. The van der Waals surface area contributed by atoms with Crippen molar-refractivity contribution in [2.45, 2.75) is 12.8 Å². The molecule has 0 spiro atoms. The molecular formula is C19H23BrN2O2. The molecule has 0 unspecified atom stereocenters. The van der Waals surface area contributed by atoms with Crippen molar-refractivity contribution in [3.05, 3.63) is 58.6 Å². The second-order valence-corrected chi connectivity index (χ2v) is 6.80. The first-order chi connectivity index (χ1) is 11.5. The highest BCUT2D eigenvalue weighted by atomic mass is 79.9. The SMILES string of the molecule is CN(C)CCCOc1ccc(NC(=O)Cc2ccc(Br)cc2)cc1. The molecule has 2 rings (SSSR count). The Hall–Kier alpha value is -1.85. The van der Waals surface area contributed by atoms with Crippen LogP contribution in [0.4, 0.5) is 5.69 Å². The maximum absolute atomic E-state index is 12.1. The van der Waals surface area contributed by atoms with Crippen molar-refractivity contribution in [1.29, 1.82) is 0 Å². The molecule has 4 nitrogen and oxygen atoms in total. The lowest BCUT2D eigenvalue weighted by Gasteiger charge is -2.11. The third kappa shape index (κ3) is 6.72. The Morgan fingerprint density at radius 1 is 1.08 bits per heavy atom. The van der Waals surface area contributed by atoms with Crippen LogP contribution in [0.25, 0.3) is 0 Å². The fourth-order valence-electron chi connectivity index (χ4n) is 2.20. The van der Waals surface area contributed by atoms with Gasteiger partial charge in [-0.2, -0.15) is 0 Å². The highest BCUT2D eigenvalue weighted by molar-refractivity contribution is 9.10. The molecule has 24 heavy (non-hydrogen) atoms. The Balaban J connectivity index is 1.78. The van der Waals surface area contributed by atoms with Crippen LogP contribution in [-0.4, -0.2) is 38.1 Å². The van der Waals surface area contributed by atoms with Gasteiger partial charge in [0, 0.05) is 16.7 Å². The number of nitrogens with one attached hydrogen (secondary N) is 1. The van der Waals surface area contributed by atoms with Crippen LogP contribution in [0.1, 0.15) is 12.0 Å². The number of halogens is 1. The number of hydrogen-bond acceptors (Lipinski definition) is 3. The van der Waals surface area contributed by atoms with Crippen molar-refractivity contribution < 1.29 is 9.53 Å². The summed E-state index contributed by atoms with van der Waals surface area (Å²) in [6.07, 6.45) is 1.34. The van der Waals surface area contributed by atoms with Gasteiger partial charge in [0.1, 0.15) is 5.75 Å². The molecule has 0 aliphatic rings. The van der Waals surface area contributed by atoms with E-state index in [-0.39, 0.29) is 5.91 Å². The van der Waals surface area contributed by atoms with E-state index < -0.39 is 0 Å². The number of carbonyl (C=O) groups is 1. The fraction of sp³-hybridized carbons (Fsp3) is 0.316. The van der Waals surface area contributed by atoms with Crippen molar-refractivity contribution >= 4 is 27.5 Å². The highest BCUT2D eigenvalue weighted by Crippen LogP contribution is 2.17. The van der Waals surface area contributed by atoms with Crippen molar-refractivity contribution in [3.63, 3.8) is 0 Å². The lowest BCUT2D eigenvalue weighted by molar-refractivity contribution is -0.115. The smallest absolute Gasteiger partial charge is 0.228 e. The number of carbonyl (C=O) groups excluding carboxylic acids is 1. The zero-order chi connectivity index (χ0) is 17.4. The number of rotatable bonds is 8. The Bertz CT molecular complexity index is 639. The number of hydrogen-bond donors (Lipinski definition) is 1. The fourth-order valence-corrected chi connectivity index (χ4v) is 2.46. The maximum Gasteiger partial charge on any atom is 0.228 e. The van der Waals surface area contributed by atoms with Gasteiger partial charge in [-0.1, -0.05) is 28.1 Å². The van der Waals surface area contributed by atoms with Crippen LogP contribution in [0.3, 0.4) is 0 Å². The molecule has 2 aromatic rings. The predicted molar refractivity (Wildman–Crippen MR) is 102 cm³/mol. The summed E-state index contributed by atoms with van der Waals surface area (Å²) in [6, 6.07) is 15.2. The molecule has 0 atom stereocenters. The van der Waals surface area contributed by atoms with Gasteiger partial charge in [0.2, 0.25) is 5.91 Å². The Kier molecular flexibility index (Phi) is 7.28. The zero-order valence-corrected chi connectivity index (χ0v) is 15.7. The summed E-state index contributed by atoms with van der Waals surface area (Å²) in [6.45, 7) is 1.69. The topological polar surface area (TPSA) is 41.6 Å². The third-order valence-corrected chi connectivity index (χ3v) is 3.96. The molecule has 0 saturated carbocycles. The molecule has 128 valence electrons. The lowest BCUT2D eigenvalue weighted by atomic mass is 10.1. The Morgan fingerprint density at radius 3 is 2.38 bits per heavy atom. The van der Waals surface area contributed by atoms with E-state index in [1.54, 1.807) is 0 Å². The molecule has 5 heteroatoms. The third-order valence-electron chi connectivity index (χ3n) is 3.43. The van der Waals surface area contributed by atoms with Gasteiger partial charge in [-0.05, 0) is 62.5 Å². The van der Waals surface area contributed by atoms with E-state index in [0.29, 0.717) is 13.0 Å². The second kappa shape index (κ2) is 9.45. The summed E-state index contributed by atoms with van der Waals surface area (Å²) < 4.78 is 6.69. The summed E-state index contributed by atoms with van der Waals surface area (Å²) in [7, 11) is 4.09. The quantitative estimate of drug-likeness (QED) is 0.693. The van der Waals surface area contributed by atoms with Crippen molar-refractivity contribution in [2.75, 3.05) is 32.6 Å². The van der Waals surface area contributed by atoms with E-state index >= 15 is 0 Å². The molecular weight excluding hydrogens is 368 g/mol. The van der Waals surface area contributed by atoms with E-state index in [2.05, 4.69) is 26.1 Å². The van der Waals surface area contributed by atoms with E-state index in [4.69, 9.17) is 4.74 Å². The summed E-state index contributed by atoms with van der Waals surface area (Å²) in [5.74, 6) is 0.789. The largest absolute Gasteiger partial charge is 0.494 e. The molecule has 0 aromatic heterocycles.